The molecule has 6 heteroatoms. The van der Waals surface area contributed by atoms with Crippen LogP contribution in [0.3, 0.4) is 0 Å². The minimum atomic E-state index is -1.02. The standard InChI is InChI=1S/C22H21FO5/c23-17-6-2-1-5-16(17)22(9-3-4-10-22)21(25)28-14-18(24)15-7-8-19-20(13-15)27-12-11-26-19/h1-2,5-8,13H,3-4,9-12,14H2. The van der Waals surface area contributed by atoms with Crippen LogP contribution in [0.1, 0.15) is 41.6 Å². The molecule has 28 heavy (non-hydrogen) atoms. The number of Topliss-reactive ketones (excluding diaryl/α,β-unsaturated/α-hetero) is 1. The Morgan fingerprint density at radius 3 is 2.46 bits per heavy atom. The van der Waals surface area contributed by atoms with Crippen LogP contribution in [-0.4, -0.2) is 31.6 Å². The van der Waals surface area contributed by atoms with Gasteiger partial charge in [0.15, 0.2) is 23.9 Å². The molecule has 1 fully saturated rings. The first-order valence-corrected chi connectivity index (χ1v) is 9.45. The smallest absolute Gasteiger partial charge is 0.317 e. The number of esters is 1. The summed E-state index contributed by atoms with van der Waals surface area (Å²) in [4.78, 5) is 25.4. The van der Waals surface area contributed by atoms with Crippen LogP contribution in [0.5, 0.6) is 11.5 Å². The molecule has 2 aromatic rings. The van der Waals surface area contributed by atoms with Crippen LogP contribution in [0.25, 0.3) is 0 Å². The zero-order valence-electron chi connectivity index (χ0n) is 15.4. The molecule has 5 nitrogen and oxygen atoms in total. The predicted octanol–water partition coefficient (Wildman–Crippen LogP) is 3.83. The van der Waals surface area contributed by atoms with Gasteiger partial charge in [-0.3, -0.25) is 9.59 Å². The number of fused-ring (bicyclic) bond motifs is 1. The van der Waals surface area contributed by atoms with Crippen LogP contribution >= 0.6 is 0 Å². The Bertz CT molecular complexity index is 902. The minimum absolute atomic E-state index is 0.341. The predicted molar refractivity (Wildman–Crippen MR) is 99.3 cm³/mol. The first-order valence-electron chi connectivity index (χ1n) is 9.45. The lowest BCUT2D eigenvalue weighted by atomic mass is 9.78. The van der Waals surface area contributed by atoms with Crippen molar-refractivity contribution in [3.63, 3.8) is 0 Å². The summed E-state index contributed by atoms with van der Waals surface area (Å²) in [6.45, 7) is 0.496. The molecule has 0 bridgehead atoms. The summed E-state index contributed by atoms with van der Waals surface area (Å²) >= 11 is 0. The molecule has 1 heterocycles. The molecule has 4 rings (SSSR count). The van der Waals surface area contributed by atoms with E-state index in [-0.39, 0.29) is 5.78 Å². The molecule has 0 unspecified atom stereocenters. The van der Waals surface area contributed by atoms with Gasteiger partial charge in [0, 0.05) is 11.1 Å². The van der Waals surface area contributed by atoms with E-state index in [1.165, 1.54) is 6.07 Å². The largest absolute Gasteiger partial charge is 0.486 e. The molecule has 0 atom stereocenters. The summed E-state index contributed by atoms with van der Waals surface area (Å²) in [5.41, 5.74) is -0.286. The van der Waals surface area contributed by atoms with E-state index in [1.807, 2.05) is 0 Å². The van der Waals surface area contributed by atoms with Gasteiger partial charge in [-0.25, -0.2) is 4.39 Å². The molecule has 1 saturated carbocycles. The molecule has 0 N–H and O–H groups in total. The van der Waals surface area contributed by atoms with E-state index >= 15 is 0 Å². The van der Waals surface area contributed by atoms with Crippen molar-refractivity contribution in [2.24, 2.45) is 0 Å². The van der Waals surface area contributed by atoms with E-state index in [0.717, 1.165) is 12.8 Å². The fourth-order valence-electron chi connectivity index (χ4n) is 3.98. The Kier molecular flexibility index (Phi) is 5.03. The van der Waals surface area contributed by atoms with Crippen LogP contribution in [-0.2, 0) is 14.9 Å². The number of ketones is 1. The van der Waals surface area contributed by atoms with Gasteiger partial charge in [-0.2, -0.15) is 0 Å². The van der Waals surface area contributed by atoms with Crippen molar-refractivity contribution in [1.29, 1.82) is 0 Å². The zero-order chi connectivity index (χ0) is 19.6. The van der Waals surface area contributed by atoms with Crippen LogP contribution < -0.4 is 9.47 Å². The third-order valence-electron chi connectivity index (χ3n) is 5.44. The number of halogens is 1. The number of rotatable bonds is 5. The van der Waals surface area contributed by atoms with Gasteiger partial charge in [-0.05, 0) is 37.1 Å². The van der Waals surface area contributed by atoms with Crippen molar-refractivity contribution in [3.05, 3.63) is 59.4 Å². The topological polar surface area (TPSA) is 61.8 Å². The van der Waals surface area contributed by atoms with Gasteiger partial charge in [-0.15, -0.1) is 0 Å². The summed E-state index contributed by atoms with van der Waals surface area (Å²) in [6.07, 6.45) is 2.68. The molecule has 0 spiro atoms. The van der Waals surface area contributed by atoms with Crippen molar-refractivity contribution in [3.8, 4) is 11.5 Å². The summed E-state index contributed by atoms with van der Waals surface area (Å²) in [5.74, 6) is -0.209. The molecular weight excluding hydrogens is 363 g/mol. The number of ether oxygens (including phenoxy) is 3. The van der Waals surface area contributed by atoms with Crippen molar-refractivity contribution in [1.82, 2.24) is 0 Å². The normalized spacial score (nSPS) is 17.2. The van der Waals surface area contributed by atoms with Crippen LogP contribution in [0.15, 0.2) is 42.5 Å². The van der Waals surface area contributed by atoms with Crippen molar-refractivity contribution >= 4 is 11.8 Å². The average molecular weight is 384 g/mol. The molecule has 2 aromatic carbocycles. The van der Waals surface area contributed by atoms with Gasteiger partial charge in [-0.1, -0.05) is 31.0 Å². The SMILES string of the molecule is O=C(COC(=O)C1(c2ccccc2F)CCCC1)c1ccc2c(c1)OCCO2. The highest BCUT2D eigenvalue weighted by Crippen LogP contribution is 2.43. The third-order valence-corrected chi connectivity index (χ3v) is 5.44. The molecule has 0 aromatic heterocycles. The molecule has 0 amide bonds. The first kappa shape index (κ1) is 18.5. The highest BCUT2D eigenvalue weighted by molar-refractivity contribution is 5.99. The Morgan fingerprint density at radius 1 is 1.00 bits per heavy atom. The van der Waals surface area contributed by atoms with Gasteiger partial charge in [0.05, 0.1) is 5.41 Å². The lowest BCUT2D eigenvalue weighted by molar-refractivity contribution is -0.149. The second kappa shape index (κ2) is 7.62. The minimum Gasteiger partial charge on any atom is -0.486 e. The average Bonchev–Trinajstić information content (AvgIpc) is 3.22. The van der Waals surface area contributed by atoms with Crippen LogP contribution in [0.2, 0.25) is 0 Å². The Labute approximate surface area is 162 Å². The van der Waals surface area contributed by atoms with E-state index in [4.69, 9.17) is 14.2 Å². The molecule has 1 aliphatic carbocycles. The maximum atomic E-state index is 14.4. The molecule has 0 radical (unpaired) electrons. The molecule has 2 aliphatic rings. The molecule has 0 saturated heterocycles. The van der Waals surface area contributed by atoms with Crippen LogP contribution in [0.4, 0.5) is 4.39 Å². The summed E-state index contributed by atoms with van der Waals surface area (Å²) in [6, 6.07) is 11.2. The number of carbonyl (C=O) groups is 2. The third kappa shape index (κ3) is 3.35. The lowest BCUT2D eigenvalue weighted by Crippen LogP contribution is -2.36. The van der Waals surface area contributed by atoms with Crippen molar-refractivity contribution in [2.45, 2.75) is 31.1 Å². The maximum absolute atomic E-state index is 14.4. The second-order valence-corrected chi connectivity index (χ2v) is 7.13. The van der Waals surface area contributed by atoms with E-state index in [2.05, 4.69) is 0 Å². The quantitative estimate of drug-likeness (QED) is 0.579. The van der Waals surface area contributed by atoms with Crippen molar-refractivity contribution < 1.29 is 28.2 Å². The van der Waals surface area contributed by atoms with Gasteiger partial charge in [0.25, 0.3) is 0 Å². The maximum Gasteiger partial charge on any atom is 0.317 e. The number of carbonyl (C=O) groups excluding carboxylic acids is 2. The van der Waals surface area contributed by atoms with Gasteiger partial charge in [0.1, 0.15) is 19.0 Å². The fraction of sp³-hybridized carbons (Fsp3) is 0.364. The number of hydrogen-bond acceptors (Lipinski definition) is 5. The number of hydrogen-bond donors (Lipinski definition) is 0. The second-order valence-electron chi connectivity index (χ2n) is 7.13. The van der Waals surface area contributed by atoms with E-state index < -0.39 is 23.8 Å². The van der Waals surface area contributed by atoms with Crippen LogP contribution in [0, 0.1) is 5.82 Å². The first-order chi connectivity index (χ1) is 13.6. The van der Waals surface area contributed by atoms with Gasteiger partial charge in [0.2, 0.25) is 0 Å². The fourth-order valence-corrected chi connectivity index (χ4v) is 3.98. The summed E-state index contributed by atoms with van der Waals surface area (Å²) in [5, 5.41) is 0. The highest BCUT2D eigenvalue weighted by atomic mass is 19.1. The number of benzene rings is 2. The molecule has 146 valence electrons. The zero-order valence-corrected chi connectivity index (χ0v) is 15.4. The summed E-state index contributed by atoms with van der Waals surface area (Å²) < 4.78 is 30.7. The highest BCUT2D eigenvalue weighted by Gasteiger charge is 2.46. The lowest BCUT2D eigenvalue weighted by Gasteiger charge is -2.27. The Balaban J connectivity index is 1.48. The molecule has 1 aliphatic heterocycles. The van der Waals surface area contributed by atoms with Gasteiger partial charge >= 0.3 is 5.97 Å². The monoisotopic (exact) mass is 384 g/mol. The Morgan fingerprint density at radius 2 is 1.71 bits per heavy atom. The molecular formula is C22H21FO5. The summed E-state index contributed by atoms with van der Waals surface area (Å²) in [7, 11) is 0. The van der Waals surface area contributed by atoms with E-state index in [9.17, 15) is 14.0 Å². The van der Waals surface area contributed by atoms with E-state index in [1.54, 1.807) is 36.4 Å². The van der Waals surface area contributed by atoms with E-state index in [0.29, 0.717) is 48.7 Å². The van der Waals surface area contributed by atoms with Gasteiger partial charge < -0.3 is 14.2 Å². The Hall–Kier alpha value is -2.89. The van der Waals surface area contributed by atoms with Crippen molar-refractivity contribution in [2.75, 3.05) is 19.8 Å².